The van der Waals surface area contributed by atoms with E-state index in [0.29, 0.717) is 5.56 Å². The number of carbonyl (C=O) groups is 1. The summed E-state index contributed by atoms with van der Waals surface area (Å²) in [5, 5.41) is 5.83. The minimum atomic E-state index is -0.118. The lowest BCUT2D eigenvalue weighted by molar-refractivity contribution is 0.102. The SMILES string of the molecule is O=C(Nc1ccc(-c2nccs2)cc1)c1cc(Br)ccc1I. The van der Waals surface area contributed by atoms with Crippen LogP contribution in [-0.2, 0) is 0 Å². The van der Waals surface area contributed by atoms with Gasteiger partial charge in [0.2, 0.25) is 0 Å². The van der Waals surface area contributed by atoms with Gasteiger partial charge in [-0.2, -0.15) is 0 Å². The Kier molecular flexibility index (Phi) is 4.90. The van der Waals surface area contributed by atoms with E-state index in [1.54, 1.807) is 17.5 Å². The van der Waals surface area contributed by atoms with Gasteiger partial charge in [-0.25, -0.2) is 4.98 Å². The Hall–Kier alpha value is -1.25. The Bertz CT molecular complexity index is 804. The highest BCUT2D eigenvalue weighted by Gasteiger charge is 2.11. The van der Waals surface area contributed by atoms with Crippen molar-refractivity contribution in [2.24, 2.45) is 0 Å². The molecule has 1 amide bonds. The number of benzene rings is 2. The Labute approximate surface area is 154 Å². The Morgan fingerprint density at radius 1 is 1.18 bits per heavy atom. The molecule has 1 heterocycles. The van der Waals surface area contributed by atoms with Crippen LogP contribution in [0.3, 0.4) is 0 Å². The summed E-state index contributed by atoms with van der Waals surface area (Å²) in [5.74, 6) is -0.118. The predicted octanol–water partition coefficient (Wildman–Crippen LogP) is 5.43. The first-order valence-electron chi connectivity index (χ1n) is 6.40. The maximum absolute atomic E-state index is 12.4. The second-order valence-electron chi connectivity index (χ2n) is 4.49. The van der Waals surface area contributed by atoms with Crippen molar-refractivity contribution in [3.63, 3.8) is 0 Å². The molecular formula is C16H10BrIN2OS. The van der Waals surface area contributed by atoms with E-state index in [1.807, 2.05) is 47.8 Å². The average molecular weight is 485 g/mol. The van der Waals surface area contributed by atoms with Crippen LogP contribution in [0.4, 0.5) is 5.69 Å². The number of hydrogen-bond donors (Lipinski definition) is 1. The summed E-state index contributed by atoms with van der Waals surface area (Å²) in [6.07, 6.45) is 1.78. The molecule has 0 saturated carbocycles. The molecule has 0 aliphatic heterocycles. The molecule has 0 aliphatic rings. The van der Waals surface area contributed by atoms with Crippen LogP contribution in [0.5, 0.6) is 0 Å². The third-order valence-electron chi connectivity index (χ3n) is 3.00. The van der Waals surface area contributed by atoms with Crippen molar-refractivity contribution in [2.75, 3.05) is 5.32 Å². The molecule has 0 bridgehead atoms. The smallest absolute Gasteiger partial charge is 0.256 e. The molecule has 0 atom stereocenters. The molecule has 0 radical (unpaired) electrons. The highest BCUT2D eigenvalue weighted by Crippen LogP contribution is 2.24. The summed E-state index contributed by atoms with van der Waals surface area (Å²) in [4.78, 5) is 16.6. The van der Waals surface area contributed by atoms with Gasteiger partial charge in [0.25, 0.3) is 5.91 Å². The molecule has 6 heteroatoms. The zero-order valence-electron chi connectivity index (χ0n) is 11.2. The standard InChI is InChI=1S/C16H10BrIN2OS/c17-11-3-6-14(18)13(9-11)15(21)20-12-4-1-10(2-5-12)16-19-7-8-22-16/h1-9H,(H,20,21). The van der Waals surface area contributed by atoms with E-state index in [1.165, 1.54) is 0 Å². The normalized spacial score (nSPS) is 10.5. The number of thiazole rings is 1. The topological polar surface area (TPSA) is 42.0 Å². The van der Waals surface area contributed by atoms with E-state index < -0.39 is 0 Å². The molecule has 1 N–H and O–H groups in total. The summed E-state index contributed by atoms with van der Waals surface area (Å²) in [6, 6.07) is 13.3. The zero-order valence-corrected chi connectivity index (χ0v) is 15.8. The van der Waals surface area contributed by atoms with E-state index in [-0.39, 0.29) is 5.91 Å². The van der Waals surface area contributed by atoms with Crippen molar-refractivity contribution >= 4 is 61.5 Å². The fourth-order valence-corrected chi connectivity index (χ4v) is 3.52. The Morgan fingerprint density at radius 3 is 2.64 bits per heavy atom. The first-order chi connectivity index (χ1) is 10.6. The molecule has 3 aromatic rings. The lowest BCUT2D eigenvalue weighted by Crippen LogP contribution is -2.13. The highest BCUT2D eigenvalue weighted by molar-refractivity contribution is 14.1. The van der Waals surface area contributed by atoms with Crippen molar-refractivity contribution < 1.29 is 4.79 Å². The van der Waals surface area contributed by atoms with Gasteiger partial charge in [-0.05, 0) is 65.1 Å². The summed E-state index contributed by atoms with van der Waals surface area (Å²) >= 11 is 7.14. The predicted molar refractivity (Wildman–Crippen MR) is 102 cm³/mol. The number of carbonyl (C=O) groups excluding carboxylic acids is 1. The Balaban J connectivity index is 1.78. The van der Waals surface area contributed by atoms with E-state index in [0.717, 1.165) is 24.3 Å². The monoisotopic (exact) mass is 484 g/mol. The van der Waals surface area contributed by atoms with Crippen LogP contribution in [0.2, 0.25) is 0 Å². The number of anilines is 1. The lowest BCUT2D eigenvalue weighted by Gasteiger charge is -2.08. The number of rotatable bonds is 3. The van der Waals surface area contributed by atoms with Crippen molar-refractivity contribution in [1.82, 2.24) is 4.98 Å². The Morgan fingerprint density at radius 2 is 1.95 bits per heavy atom. The average Bonchev–Trinajstić information content (AvgIpc) is 3.05. The largest absolute Gasteiger partial charge is 0.322 e. The molecule has 3 rings (SSSR count). The van der Waals surface area contributed by atoms with Crippen LogP contribution in [-0.4, -0.2) is 10.9 Å². The quantitative estimate of drug-likeness (QED) is 0.503. The van der Waals surface area contributed by atoms with Gasteiger partial charge in [-0.15, -0.1) is 11.3 Å². The molecule has 0 fully saturated rings. The van der Waals surface area contributed by atoms with Crippen molar-refractivity contribution in [3.8, 4) is 10.6 Å². The van der Waals surface area contributed by atoms with E-state index in [4.69, 9.17) is 0 Å². The highest BCUT2D eigenvalue weighted by atomic mass is 127. The summed E-state index contributed by atoms with van der Waals surface area (Å²) in [7, 11) is 0. The van der Waals surface area contributed by atoms with Gasteiger partial charge in [0.1, 0.15) is 5.01 Å². The maximum Gasteiger partial charge on any atom is 0.256 e. The maximum atomic E-state index is 12.4. The molecule has 0 aliphatic carbocycles. The number of amides is 1. The summed E-state index contributed by atoms with van der Waals surface area (Å²) in [5.41, 5.74) is 2.46. The van der Waals surface area contributed by atoms with Gasteiger partial charge in [0.05, 0.1) is 5.56 Å². The van der Waals surface area contributed by atoms with Crippen LogP contribution >= 0.6 is 49.9 Å². The van der Waals surface area contributed by atoms with Crippen molar-refractivity contribution in [1.29, 1.82) is 0 Å². The first-order valence-corrected chi connectivity index (χ1v) is 9.15. The second kappa shape index (κ2) is 6.89. The van der Waals surface area contributed by atoms with Crippen LogP contribution in [0.25, 0.3) is 10.6 Å². The summed E-state index contributed by atoms with van der Waals surface area (Å²) in [6.45, 7) is 0. The molecular weight excluding hydrogens is 475 g/mol. The van der Waals surface area contributed by atoms with E-state index in [2.05, 4.69) is 48.8 Å². The van der Waals surface area contributed by atoms with Crippen LogP contribution < -0.4 is 5.32 Å². The van der Waals surface area contributed by atoms with Crippen molar-refractivity contribution in [3.05, 3.63) is 67.6 Å². The number of aromatic nitrogens is 1. The molecule has 3 nitrogen and oxygen atoms in total. The third-order valence-corrected chi connectivity index (χ3v) is 5.25. The molecule has 22 heavy (non-hydrogen) atoms. The fourth-order valence-electron chi connectivity index (χ4n) is 1.93. The fraction of sp³-hybridized carbons (Fsp3) is 0. The first kappa shape index (κ1) is 15.6. The number of nitrogens with one attached hydrogen (secondary N) is 1. The lowest BCUT2D eigenvalue weighted by atomic mass is 10.2. The van der Waals surface area contributed by atoms with Gasteiger partial charge in [0, 0.05) is 30.9 Å². The second-order valence-corrected chi connectivity index (χ2v) is 7.47. The van der Waals surface area contributed by atoms with Crippen LogP contribution in [0.15, 0.2) is 58.5 Å². The number of nitrogens with zero attached hydrogens (tertiary/aromatic N) is 1. The molecule has 2 aromatic carbocycles. The minimum absolute atomic E-state index is 0.118. The van der Waals surface area contributed by atoms with Gasteiger partial charge < -0.3 is 5.32 Å². The molecule has 0 saturated heterocycles. The van der Waals surface area contributed by atoms with E-state index >= 15 is 0 Å². The van der Waals surface area contributed by atoms with Gasteiger partial charge >= 0.3 is 0 Å². The molecule has 0 unspecified atom stereocenters. The number of halogens is 2. The molecule has 0 spiro atoms. The van der Waals surface area contributed by atoms with Crippen LogP contribution in [0, 0.1) is 3.57 Å². The zero-order chi connectivity index (χ0) is 15.5. The molecule has 1 aromatic heterocycles. The number of hydrogen-bond acceptors (Lipinski definition) is 3. The van der Waals surface area contributed by atoms with Crippen molar-refractivity contribution in [2.45, 2.75) is 0 Å². The van der Waals surface area contributed by atoms with Gasteiger partial charge in [-0.1, -0.05) is 15.9 Å². The van der Waals surface area contributed by atoms with Gasteiger partial charge in [0.15, 0.2) is 0 Å². The molecule has 110 valence electrons. The van der Waals surface area contributed by atoms with E-state index in [9.17, 15) is 4.79 Å². The van der Waals surface area contributed by atoms with Crippen LogP contribution in [0.1, 0.15) is 10.4 Å². The minimum Gasteiger partial charge on any atom is -0.322 e. The summed E-state index contributed by atoms with van der Waals surface area (Å²) < 4.78 is 1.80. The van der Waals surface area contributed by atoms with Gasteiger partial charge in [-0.3, -0.25) is 4.79 Å². The third kappa shape index (κ3) is 3.56.